The number of rotatable bonds is 5. The van der Waals surface area contributed by atoms with Gasteiger partial charge in [-0.3, -0.25) is 9.59 Å². The molecule has 10 heteroatoms. The number of carbonyl (C=O) groups excluding carboxylic acids is 2. The molecule has 2 N–H and O–H groups in total. The summed E-state index contributed by atoms with van der Waals surface area (Å²) >= 11 is 0. The summed E-state index contributed by atoms with van der Waals surface area (Å²) < 4.78 is 55.7. The van der Waals surface area contributed by atoms with E-state index in [0.29, 0.717) is 25.9 Å². The molecule has 0 unspecified atom stereocenters. The Morgan fingerprint density at radius 3 is 2.45 bits per heavy atom. The number of likely N-dealkylation sites (tertiary alicyclic amines) is 1. The molecule has 0 aromatic heterocycles. The zero-order chi connectivity index (χ0) is 21.3. The first-order chi connectivity index (χ1) is 13.6. The Bertz CT molecular complexity index is 776. The molecule has 1 aromatic rings. The van der Waals surface area contributed by atoms with E-state index in [1.54, 1.807) is 0 Å². The fourth-order valence-corrected chi connectivity index (χ4v) is 4.11. The molecule has 0 spiro atoms. The summed E-state index contributed by atoms with van der Waals surface area (Å²) in [6, 6.07) is 4.62. The van der Waals surface area contributed by atoms with Crippen molar-refractivity contribution >= 4 is 11.8 Å². The van der Waals surface area contributed by atoms with Crippen LogP contribution in [-0.4, -0.2) is 59.6 Å². The van der Waals surface area contributed by atoms with E-state index < -0.39 is 36.3 Å². The minimum atomic E-state index is -4.72. The maximum Gasteiger partial charge on any atom is 0.461 e. The number of aliphatic hydroxyl groups excluding tert-OH is 1. The van der Waals surface area contributed by atoms with Crippen molar-refractivity contribution in [1.82, 2.24) is 10.2 Å². The van der Waals surface area contributed by atoms with Crippen molar-refractivity contribution < 1.29 is 37.0 Å². The van der Waals surface area contributed by atoms with Gasteiger partial charge in [0.2, 0.25) is 5.91 Å². The van der Waals surface area contributed by atoms with Gasteiger partial charge in [-0.2, -0.15) is 17.6 Å². The topological polar surface area (TPSA) is 78.9 Å². The summed E-state index contributed by atoms with van der Waals surface area (Å²) in [5.41, 5.74) is -0.231. The van der Waals surface area contributed by atoms with Gasteiger partial charge in [-0.15, -0.1) is 0 Å². The van der Waals surface area contributed by atoms with Crippen LogP contribution in [0.5, 0.6) is 5.75 Å². The lowest BCUT2D eigenvalue weighted by molar-refractivity contribution is -0.253. The number of ether oxygens (including phenoxy) is 1. The highest BCUT2D eigenvalue weighted by Crippen LogP contribution is 2.38. The van der Waals surface area contributed by atoms with E-state index in [0.717, 1.165) is 6.07 Å². The van der Waals surface area contributed by atoms with Gasteiger partial charge in [0.25, 0.3) is 5.91 Å². The molecule has 1 saturated heterocycles. The molecule has 2 fully saturated rings. The smallest absolute Gasteiger partial charge is 0.427 e. The summed E-state index contributed by atoms with van der Waals surface area (Å²) in [6.07, 6.45) is -8.62. The number of hydrogen-bond acceptors (Lipinski definition) is 4. The van der Waals surface area contributed by atoms with Gasteiger partial charge in [0.05, 0.1) is 17.7 Å². The van der Waals surface area contributed by atoms with Crippen LogP contribution in [-0.2, 0) is 4.79 Å². The highest BCUT2D eigenvalue weighted by molar-refractivity contribution is 5.97. The number of nitrogens with one attached hydrogen (secondary N) is 1. The molecule has 0 bridgehead atoms. The molecule has 29 heavy (non-hydrogen) atoms. The van der Waals surface area contributed by atoms with Gasteiger partial charge < -0.3 is 20.1 Å². The van der Waals surface area contributed by atoms with Crippen LogP contribution in [0.3, 0.4) is 0 Å². The monoisotopic (exact) mass is 418 g/mol. The number of nitrogens with zero attached hydrogens (tertiary/aromatic N) is 1. The average Bonchev–Trinajstić information content (AvgIpc) is 3.03. The van der Waals surface area contributed by atoms with Gasteiger partial charge in [-0.1, -0.05) is 12.1 Å². The second-order valence-corrected chi connectivity index (χ2v) is 7.54. The van der Waals surface area contributed by atoms with Crippen molar-refractivity contribution in [3.63, 3.8) is 0 Å². The third-order valence-electron chi connectivity index (χ3n) is 5.44. The Morgan fingerprint density at radius 2 is 1.83 bits per heavy atom. The first-order valence-corrected chi connectivity index (χ1v) is 9.27. The number of alkyl halides is 4. The fraction of sp³-hybridized carbons (Fsp3) is 0.579. The van der Waals surface area contributed by atoms with Crippen LogP contribution in [0.4, 0.5) is 17.6 Å². The van der Waals surface area contributed by atoms with E-state index in [4.69, 9.17) is 0 Å². The molecule has 6 nitrogen and oxygen atoms in total. The highest BCUT2D eigenvalue weighted by atomic mass is 19.3. The minimum Gasteiger partial charge on any atom is -0.427 e. The minimum absolute atomic E-state index is 0.00505. The number of benzene rings is 1. The standard InChI is InChI=1S/C19H22F4N2O4/c1-10(26)24-14-6-11-8-25(9-12(11)7-15(14)27)17(28)13-4-2-3-5-16(13)29-19(22,23)18(20)21/h2-5,11-12,14-15,18,27H,6-9H2,1H3,(H,24,26)/t11-,12+,14-,15-/m1/s1. The van der Waals surface area contributed by atoms with Gasteiger partial charge in [0.15, 0.2) is 0 Å². The fourth-order valence-electron chi connectivity index (χ4n) is 4.11. The van der Waals surface area contributed by atoms with E-state index in [1.807, 2.05) is 0 Å². The number of amides is 2. The van der Waals surface area contributed by atoms with Gasteiger partial charge in [0.1, 0.15) is 5.75 Å². The summed E-state index contributed by atoms with van der Waals surface area (Å²) in [5, 5.41) is 12.9. The molecule has 1 saturated carbocycles. The van der Waals surface area contributed by atoms with Crippen LogP contribution in [0.2, 0.25) is 0 Å². The zero-order valence-electron chi connectivity index (χ0n) is 15.7. The second kappa shape index (κ2) is 8.17. The van der Waals surface area contributed by atoms with Crippen molar-refractivity contribution in [2.45, 2.75) is 44.4 Å². The Morgan fingerprint density at radius 1 is 1.21 bits per heavy atom. The Kier molecular flexibility index (Phi) is 6.02. The SMILES string of the molecule is CC(=O)N[C@@H]1C[C@@H]2CN(C(=O)c3ccccc3OC(F)(F)C(F)F)C[C@@H]2C[C@H]1O. The number of hydrogen-bond donors (Lipinski definition) is 2. The Balaban J connectivity index is 1.74. The Hall–Kier alpha value is -2.36. The van der Waals surface area contributed by atoms with Gasteiger partial charge >= 0.3 is 12.5 Å². The maximum atomic E-state index is 13.3. The van der Waals surface area contributed by atoms with E-state index in [9.17, 15) is 32.3 Å². The van der Waals surface area contributed by atoms with Crippen molar-refractivity contribution in [3.8, 4) is 5.75 Å². The first kappa shape index (κ1) is 21.4. The van der Waals surface area contributed by atoms with Crippen LogP contribution in [0, 0.1) is 11.8 Å². The van der Waals surface area contributed by atoms with Crippen molar-refractivity contribution in [2.75, 3.05) is 13.1 Å². The Labute approximate surface area is 164 Å². The summed E-state index contributed by atoms with van der Waals surface area (Å²) in [7, 11) is 0. The van der Waals surface area contributed by atoms with Crippen LogP contribution >= 0.6 is 0 Å². The predicted octanol–water partition coefficient (Wildman–Crippen LogP) is 2.27. The van der Waals surface area contributed by atoms with Crippen LogP contribution in [0.1, 0.15) is 30.1 Å². The maximum absolute atomic E-state index is 13.3. The van der Waals surface area contributed by atoms with Gasteiger partial charge in [0, 0.05) is 20.0 Å². The third-order valence-corrected chi connectivity index (χ3v) is 5.44. The molecule has 1 aliphatic heterocycles. The average molecular weight is 418 g/mol. The molecule has 0 radical (unpaired) electrons. The molecule has 1 aromatic carbocycles. The number of aliphatic hydroxyl groups is 1. The summed E-state index contributed by atoms with van der Waals surface area (Å²) in [4.78, 5) is 25.6. The summed E-state index contributed by atoms with van der Waals surface area (Å²) in [5.74, 6) is -1.46. The number of halogens is 4. The first-order valence-electron chi connectivity index (χ1n) is 9.27. The predicted molar refractivity (Wildman–Crippen MR) is 93.8 cm³/mol. The highest BCUT2D eigenvalue weighted by Gasteiger charge is 2.46. The van der Waals surface area contributed by atoms with Gasteiger partial charge in [-0.25, -0.2) is 0 Å². The van der Waals surface area contributed by atoms with Crippen molar-refractivity contribution in [2.24, 2.45) is 11.8 Å². The van der Waals surface area contributed by atoms with Crippen LogP contribution in [0.15, 0.2) is 24.3 Å². The lowest BCUT2D eigenvalue weighted by Crippen LogP contribution is -2.48. The van der Waals surface area contributed by atoms with E-state index in [2.05, 4.69) is 10.1 Å². The number of para-hydroxylation sites is 1. The quantitative estimate of drug-likeness (QED) is 0.720. The largest absolute Gasteiger partial charge is 0.461 e. The molecular weight excluding hydrogens is 396 g/mol. The van der Waals surface area contributed by atoms with E-state index in [-0.39, 0.29) is 23.3 Å². The molecule has 3 rings (SSSR count). The zero-order valence-corrected chi connectivity index (χ0v) is 15.7. The lowest BCUT2D eigenvalue weighted by atomic mass is 9.77. The molecule has 4 atom stereocenters. The second-order valence-electron chi connectivity index (χ2n) is 7.54. The molecule has 2 aliphatic rings. The number of fused-ring (bicyclic) bond motifs is 1. The molecule has 160 valence electrons. The molecule has 1 heterocycles. The molecule has 1 aliphatic carbocycles. The van der Waals surface area contributed by atoms with E-state index in [1.165, 1.54) is 30.0 Å². The molecule has 2 amide bonds. The van der Waals surface area contributed by atoms with Crippen molar-refractivity contribution in [1.29, 1.82) is 0 Å². The lowest BCUT2D eigenvalue weighted by Gasteiger charge is -2.35. The summed E-state index contributed by atoms with van der Waals surface area (Å²) in [6.45, 7) is 1.97. The van der Waals surface area contributed by atoms with Crippen LogP contribution < -0.4 is 10.1 Å². The third kappa shape index (κ3) is 4.63. The number of carbonyl (C=O) groups is 2. The van der Waals surface area contributed by atoms with Crippen LogP contribution in [0.25, 0.3) is 0 Å². The normalized spacial score (nSPS) is 26.9. The van der Waals surface area contributed by atoms with E-state index >= 15 is 0 Å². The van der Waals surface area contributed by atoms with Gasteiger partial charge in [-0.05, 0) is 36.8 Å². The van der Waals surface area contributed by atoms with Crippen molar-refractivity contribution in [3.05, 3.63) is 29.8 Å². The molecular formula is C19H22F4N2O4.